The summed E-state index contributed by atoms with van der Waals surface area (Å²) in [5.41, 5.74) is 14.0. The fraction of sp³-hybridized carbons (Fsp3) is 0.333. The maximum absolute atomic E-state index is 13.3. The molecule has 1 aliphatic heterocycles. The number of nitrogens with two attached hydrogens (primary N) is 2. The largest absolute Gasteiger partial charge is 0.397 e. The molecule has 31 heavy (non-hydrogen) atoms. The minimum absolute atomic E-state index is 0.0143. The molecular weight excluding hydrogens is 414 g/mol. The zero-order valence-corrected chi connectivity index (χ0v) is 17.9. The van der Waals surface area contributed by atoms with Crippen molar-refractivity contribution in [3.8, 4) is 6.07 Å². The SMILES string of the molecule is COC[C@H]1C(=O)N(Cc2ccc3c(N)ncnc3c2)CCN1Cc1cc(N)c(C#N)s1. The van der Waals surface area contributed by atoms with Gasteiger partial charge in [-0.15, -0.1) is 11.3 Å². The van der Waals surface area contributed by atoms with Gasteiger partial charge in [0.25, 0.3) is 0 Å². The monoisotopic (exact) mass is 437 g/mol. The Morgan fingerprint density at radius 1 is 1.26 bits per heavy atom. The summed E-state index contributed by atoms with van der Waals surface area (Å²) in [4.78, 5) is 26.9. The minimum atomic E-state index is -0.397. The number of hydrogen-bond acceptors (Lipinski definition) is 9. The molecule has 9 nitrogen and oxygen atoms in total. The molecule has 1 fully saturated rings. The molecule has 3 aromatic rings. The number of amides is 1. The van der Waals surface area contributed by atoms with Gasteiger partial charge in [-0.25, -0.2) is 9.97 Å². The highest BCUT2D eigenvalue weighted by Gasteiger charge is 2.35. The highest BCUT2D eigenvalue weighted by atomic mass is 32.1. The lowest BCUT2D eigenvalue weighted by atomic mass is 10.1. The molecule has 160 valence electrons. The zero-order chi connectivity index (χ0) is 22.0. The van der Waals surface area contributed by atoms with Crippen LogP contribution in [-0.2, 0) is 22.6 Å². The average Bonchev–Trinajstić information content (AvgIpc) is 3.12. The summed E-state index contributed by atoms with van der Waals surface area (Å²) in [6, 6.07) is 9.30. The van der Waals surface area contributed by atoms with E-state index in [-0.39, 0.29) is 5.91 Å². The maximum atomic E-state index is 13.3. The Morgan fingerprint density at radius 3 is 2.84 bits per heavy atom. The van der Waals surface area contributed by atoms with Gasteiger partial charge in [0.1, 0.15) is 29.1 Å². The molecule has 1 amide bonds. The van der Waals surface area contributed by atoms with Crippen molar-refractivity contribution in [3.05, 3.63) is 45.9 Å². The molecule has 1 aliphatic rings. The third kappa shape index (κ3) is 4.29. The molecule has 1 atom stereocenters. The lowest BCUT2D eigenvalue weighted by Crippen LogP contribution is -2.57. The van der Waals surface area contributed by atoms with Gasteiger partial charge < -0.3 is 21.1 Å². The maximum Gasteiger partial charge on any atom is 0.242 e. The summed E-state index contributed by atoms with van der Waals surface area (Å²) < 4.78 is 5.35. The molecule has 0 unspecified atom stereocenters. The summed E-state index contributed by atoms with van der Waals surface area (Å²) >= 11 is 1.36. The summed E-state index contributed by atoms with van der Waals surface area (Å²) in [5.74, 6) is 0.454. The number of anilines is 2. The van der Waals surface area contributed by atoms with Crippen LogP contribution in [-0.4, -0.2) is 58.5 Å². The summed E-state index contributed by atoms with van der Waals surface area (Å²) in [6.45, 7) is 2.62. The van der Waals surface area contributed by atoms with Gasteiger partial charge in [0.2, 0.25) is 5.91 Å². The number of aromatic nitrogens is 2. The zero-order valence-electron chi connectivity index (χ0n) is 17.1. The van der Waals surface area contributed by atoms with Gasteiger partial charge in [-0.3, -0.25) is 9.69 Å². The van der Waals surface area contributed by atoms with E-state index in [0.717, 1.165) is 21.3 Å². The second-order valence-electron chi connectivity index (χ2n) is 7.42. The fourth-order valence-electron chi connectivity index (χ4n) is 3.83. The van der Waals surface area contributed by atoms with E-state index in [0.29, 0.717) is 49.2 Å². The van der Waals surface area contributed by atoms with E-state index in [1.165, 1.54) is 17.7 Å². The van der Waals surface area contributed by atoms with E-state index in [2.05, 4.69) is 20.9 Å². The van der Waals surface area contributed by atoms with Crippen LogP contribution in [0.5, 0.6) is 0 Å². The van der Waals surface area contributed by atoms with E-state index >= 15 is 0 Å². The fourth-order valence-corrected chi connectivity index (χ4v) is 4.73. The number of carbonyl (C=O) groups excluding carboxylic acids is 1. The van der Waals surface area contributed by atoms with Gasteiger partial charge in [0.15, 0.2) is 0 Å². The van der Waals surface area contributed by atoms with Crippen molar-refractivity contribution >= 4 is 39.7 Å². The lowest BCUT2D eigenvalue weighted by Gasteiger charge is -2.40. The van der Waals surface area contributed by atoms with E-state index in [1.54, 1.807) is 7.11 Å². The standard InChI is InChI=1S/C21H23N7O2S/c1-30-11-18-21(29)28(5-4-27(18)10-14-7-16(23)19(8-22)31-14)9-13-2-3-15-17(6-13)25-12-26-20(15)24/h2-3,6-7,12,18H,4-5,9-11,23H2,1H3,(H2,24,25,26)/t18-/m0/s1. The number of nitrogens with zero attached hydrogens (tertiary/aromatic N) is 5. The third-order valence-corrected chi connectivity index (χ3v) is 6.44. The Hall–Kier alpha value is -3.26. The van der Waals surface area contributed by atoms with Crippen molar-refractivity contribution in [3.63, 3.8) is 0 Å². The molecule has 3 heterocycles. The number of thiophene rings is 1. The molecule has 1 saturated heterocycles. The van der Waals surface area contributed by atoms with Crippen LogP contribution >= 0.6 is 11.3 Å². The van der Waals surface area contributed by atoms with Crippen molar-refractivity contribution in [1.29, 1.82) is 5.26 Å². The van der Waals surface area contributed by atoms with E-state index in [9.17, 15) is 4.79 Å². The molecular formula is C21H23N7O2S. The number of benzene rings is 1. The highest BCUT2D eigenvalue weighted by molar-refractivity contribution is 7.13. The van der Waals surface area contributed by atoms with E-state index in [1.807, 2.05) is 29.2 Å². The van der Waals surface area contributed by atoms with Crippen LogP contribution in [0.2, 0.25) is 0 Å². The topological polar surface area (TPSA) is 134 Å². The van der Waals surface area contributed by atoms with Gasteiger partial charge in [0.05, 0.1) is 17.8 Å². The van der Waals surface area contributed by atoms with Crippen LogP contribution < -0.4 is 11.5 Å². The van der Waals surface area contributed by atoms with Gasteiger partial charge in [-0.2, -0.15) is 5.26 Å². The number of nitrogen functional groups attached to an aromatic ring is 2. The van der Waals surface area contributed by atoms with Crippen LogP contribution in [0.1, 0.15) is 15.3 Å². The van der Waals surface area contributed by atoms with Crippen molar-refractivity contribution in [2.45, 2.75) is 19.1 Å². The van der Waals surface area contributed by atoms with Crippen LogP contribution in [0.25, 0.3) is 10.9 Å². The second-order valence-corrected chi connectivity index (χ2v) is 8.56. The van der Waals surface area contributed by atoms with Crippen molar-refractivity contribution < 1.29 is 9.53 Å². The Balaban J connectivity index is 1.50. The first-order chi connectivity index (χ1) is 15.0. The van der Waals surface area contributed by atoms with Crippen molar-refractivity contribution in [1.82, 2.24) is 19.8 Å². The Labute approximate surface area is 183 Å². The van der Waals surface area contributed by atoms with E-state index < -0.39 is 6.04 Å². The quantitative estimate of drug-likeness (QED) is 0.594. The molecule has 0 saturated carbocycles. The van der Waals surface area contributed by atoms with Gasteiger partial charge >= 0.3 is 0 Å². The Morgan fingerprint density at radius 2 is 2.10 bits per heavy atom. The smallest absolute Gasteiger partial charge is 0.242 e. The summed E-state index contributed by atoms with van der Waals surface area (Å²) in [5, 5.41) is 9.94. The number of rotatable bonds is 6. The predicted molar refractivity (Wildman–Crippen MR) is 119 cm³/mol. The summed E-state index contributed by atoms with van der Waals surface area (Å²) in [7, 11) is 1.59. The van der Waals surface area contributed by atoms with Crippen LogP contribution in [0.15, 0.2) is 30.6 Å². The summed E-state index contributed by atoms with van der Waals surface area (Å²) in [6.07, 6.45) is 1.44. The molecule has 4 rings (SSSR count). The molecule has 0 radical (unpaired) electrons. The minimum Gasteiger partial charge on any atom is -0.397 e. The number of methoxy groups -OCH3 is 1. The first-order valence-electron chi connectivity index (χ1n) is 9.79. The highest BCUT2D eigenvalue weighted by Crippen LogP contribution is 2.27. The molecule has 1 aromatic carbocycles. The number of fused-ring (bicyclic) bond motifs is 1. The molecule has 0 spiro atoms. The van der Waals surface area contributed by atoms with Gasteiger partial charge in [-0.1, -0.05) is 6.07 Å². The second kappa shape index (κ2) is 8.85. The number of nitriles is 1. The van der Waals surface area contributed by atoms with E-state index in [4.69, 9.17) is 21.5 Å². The molecule has 0 aliphatic carbocycles. The average molecular weight is 438 g/mol. The van der Waals surface area contributed by atoms with Crippen LogP contribution in [0, 0.1) is 11.3 Å². The normalized spacial score (nSPS) is 17.2. The molecule has 4 N–H and O–H groups in total. The Bertz CT molecular complexity index is 1160. The van der Waals surface area contributed by atoms with Crippen LogP contribution in [0.3, 0.4) is 0 Å². The van der Waals surface area contributed by atoms with Crippen LogP contribution in [0.4, 0.5) is 11.5 Å². The molecule has 10 heteroatoms. The van der Waals surface area contributed by atoms with Gasteiger partial charge in [0, 0.05) is 43.6 Å². The number of carbonyl (C=O) groups is 1. The molecule has 0 bridgehead atoms. The number of piperazine rings is 1. The predicted octanol–water partition coefficient (Wildman–Crippen LogP) is 1.59. The number of hydrogen-bond donors (Lipinski definition) is 2. The van der Waals surface area contributed by atoms with Gasteiger partial charge in [-0.05, 0) is 23.8 Å². The Kier molecular flexibility index (Phi) is 5.99. The van der Waals surface area contributed by atoms with Crippen molar-refractivity contribution in [2.75, 3.05) is 38.3 Å². The third-order valence-electron chi connectivity index (χ3n) is 5.40. The lowest BCUT2D eigenvalue weighted by molar-refractivity contribution is -0.145. The first-order valence-corrected chi connectivity index (χ1v) is 10.6. The van der Waals surface area contributed by atoms with Crippen molar-refractivity contribution in [2.24, 2.45) is 0 Å². The molecule has 2 aromatic heterocycles. The first kappa shape index (κ1) is 21.0. The number of ether oxygens (including phenoxy) is 1.